The monoisotopic (exact) mass is 356 g/mol. The van der Waals surface area contributed by atoms with Gasteiger partial charge in [0.25, 0.3) is 5.56 Å². The van der Waals surface area contributed by atoms with E-state index < -0.39 is 0 Å². The third-order valence-corrected chi connectivity index (χ3v) is 4.29. The van der Waals surface area contributed by atoms with Gasteiger partial charge in [-0.2, -0.15) is 5.10 Å². The van der Waals surface area contributed by atoms with Crippen molar-refractivity contribution in [3.63, 3.8) is 0 Å². The molecule has 1 aromatic heterocycles. The van der Waals surface area contributed by atoms with Crippen molar-refractivity contribution < 1.29 is 0 Å². The second-order valence-electron chi connectivity index (χ2n) is 3.75. The minimum atomic E-state index is -0.139. The first kappa shape index (κ1) is 12.5. The van der Waals surface area contributed by atoms with Crippen LogP contribution in [0.25, 0.3) is 0 Å². The molecule has 2 aromatic rings. The summed E-state index contributed by atoms with van der Waals surface area (Å²) in [4.78, 5) is 11.9. The lowest BCUT2D eigenvalue weighted by Crippen LogP contribution is -2.24. The van der Waals surface area contributed by atoms with E-state index >= 15 is 0 Å². The number of aryl methyl sites for hydroxylation is 1. The fourth-order valence-electron chi connectivity index (χ4n) is 1.42. The van der Waals surface area contributed by atoms with Crippen molar-refractivity contribution in [2.45, 2.75) is 13.5 Å². The average molecular weight is 358 g/mol. The molecule has 0 saturated heterocycles. The summed E-state index contributed by atoms with van der Waals surface area (Å²) in [6, 6.07) is 8.04. The maximum absolute atomic E-state index is 11.9. The summed E-state index contributed by atoms with van der Waals surface area (Å²) < 4.78 is 2.60. The molecule has 0 unspecified atom stereocenters. The molecule has 5 heteroatoms. The number of benzene rings is 1. The van der Waals surface area contributed by atoms with Crippen molar-refractivity contribution >= 4 is 31.9 Å². The maximum atomic E-state index is 11.9. The first-order chi connectivity index (χ1) is 8.08. The van der Waals surface area contributed by atoms with Crippen LogP contribution in [0.4, 0.5) is 0 Å². The summed E-state index contributed by atoms with van der Waals surface area (Å²) in [6.07, 6.45) is 1.61. The third-order valence-electron chi connectivity index (χ3n) is 2.40. The van der Waals surface area contributed by atoms with Gasteiger partial charge in [-0.15, -0.1) is 0 Å². The third kappa shape index (κ3) is 2.84. The molecule has 0 amide bonds. The topological polar surface area (TPSA) is 34.9 Å². The molecule has 0 aliphatic heterocycles. The van der Waals surface area contributed by atoms with Crippen LogP contribution < -0.4 is 5.56 Å². The van der Waals surface area contributed by atoms with Crippen molar-refractivity contribution in [1.82, 2.24) is 9.78 Å². The summed E-state index contributed by atoms with van der Waals surface area (Å²) in [7, 11) is 0. The Bertz CT molecular complexity index is 590. The molecule has 0 fully saturated rings. The highest BCUT2D eigenvalue weighted by molar-refractivity contribution is 9.13. The molecule has 0 aliphatic carbocycles. The molecule has 3 nitrogen and oxygen atoms in total. The van der Waals surface area contributed by atoms with Gasteiger partial charge in [0.1, 0.15) is 4.47 Å². The molecule has 1 heterocycles. The molecule has 0 atom stereocenters. The smallest absolute Gasteiger partial charge is 0.266 e. The number of aromatic nitrogens is 2. The van der Waals surface area contributed by atoms with Crippen molar-refractivity contribution in [3.8, 4) is 0 Å². The van der Waals surface area contributed by atoms with Gasteiger partial charge in [-0.05, 0) is 44.3 Å². The number of rotatable bonds is 2. The lowest BCUT2D eigenvalue weighted by atomic mass is 10.1. The van der Waals surface area contributed by atoms with E-state index in [0.29, 0.717) is 15.5 Å². The summed E-state index contributed by atoms with van der Waals surface area (Å²) in [5, 5.41) is 4.08. The zero-order valence-corrected chi connectivity index (χ0v) is 12.3. The summed E-state index contributed by atoms with van der Waals surface area (Å²) in [6.45, 7) is 2.51. The molecule has 0 bridgehead atoms. The molecule has 17 heavy (non-hydrogen) atoms. The maximum Gasteiger partial charge on any atom is 0.282 e. The lowest BCUT2D eigenvalue weighted by Gasteiger charge is -2.06. The van der Waals surface area contributed by atoms with E-state index in [1.165, 1.54) is 10.2 Å². The van der Waals surface area contributed by atoms with Crippen LogP contribution in [0.2, 0.25) is 0 Å². The fraction of sp³-hybridized carbons (Fsp3) is 0.167. The Morgan fingerprint density at radius 2 is 1.88 bits per heavy atom. The van der Waals surface area contributed by atoms with E-state index in [4.69, 9.17) is 0 Å². The van der Waals surface area contributed by atoms with E-state index in [0.717, 1.165) is 5.56 Å². The quantitative estimate of drug-likeness (QED) is 0.827. The second-order valence-corrected chi connectivity index (χ2v) is 5.40. The Labute approximate surface area is 116 Å². The van der Waals surface area contributed by atoms with Crippen LogP contribution in [-0.2, 0) is 6.54 Å². The van der Waals surface area contributed by atoms with Gasteiger partial charge < -0.3 is 0 Å². The Balaban J connectivity index is 2.34. The van der Waals surface area contributed by atoms with Crippen LogP contribution in [0.5, 0.6) is 0 Å². The van der Waals surface area contributed by atoms with E-state index in [1.807, 2.05) is 31.2 Å². The highest BCUT2D eigenvalue weighted by atomic mass is 79.9. The lowest BCUT2D eigenvalue weighted by molar-refractivity contribution is 0.633. The molecular weight excluding hydrogens is 348 g/mol. The second kappa shape index (κ2) is 5.14. The van der Waals surface area contributed by atoms with Gasteiger partial charge in [0.15, 0.2) is 0 Å². The fourth-order valence-corrected chi connectivity index (χ4v) is 1.99. The van der Waals surface area contributed by atoms with E-state index in [1.54, 1.807) is 6.20 Å². The van der Waals surface area contributed by atoms with Crippen molar-refractivity contribution in [2.24, 2.45) is 0 Å². The zero-order valence-electron chi connectivity index (χ0n) is 9.15. The first-order valence-corrected chi connectivity index (χ1v) is 6.63. The van der Waals surface area contributed by atoms with Gasteiger partial charge >= 0.3 is 0 Å². The number of hydrogen-bond acceptors (Lipinski definition) is 2. The van der Waals surface area contributed by atoms with Crippen molar-refractivity contribution in [1.29, 1.82) is 0 Å². The van der Waals surface area contributed by atoms with Crippen molar-refractivity contribution in [2.75, 3.05) is 0 Å². The van der Waals surface area contributed by atoms with Crippen LogP contribution in [0.15, 0.2) is 44.2 Å². The number of nitrogens with zero attached hydrogens (tertiary/aromatic N) is 2. The normalized spacial score (nSPS) is 10.5. The Kier molecular flexibility index (Phi) is 3.79. The molecule has 2 rings (SSSR count). The average Bonchev–Trinajstić information content (AvgIpc) is 2.33. The Morgan fingerprint density at radius 3 is 2.53 bits per heavy atom. The summed E-state index contributed by atoms with van der Waals surface area (Å²) in [5.41, 5.74) is 2.12. The van der Waals surface area contributed by atoms with Gasteiger partial charge in [-0.25, -0.2) is 4.68 Å². The SMILES string of the molecule is Cc1ccc(Cn2ncc(Br)c(Br)c2=O)cc1. The minimum absolute atomic E-state index is 0.139. The van der Waals surface area contributed by atoms with Gasteiger partial charge in [-0.1, -0.05) is 29.8 Å². The molecule has 0 aliphatic rings. The summed E-state index contributed by atoms with van der Waals surface area (Å²) in [5.74, 6) is 0. The highest BCUT2D eigenvalue weighted by Gasteiger charge is 2.06. The highest BCUT2D eigenvalue weighted by Crippen LogP contribution is 2.16. The first-order valence-electron chi connectivity index (χ1n) is 5.04. The van der Waals surface area contributed by atoms with Crippen LogP contribution in [0.3, 0.4) is 0 Å². The predicted octanol–water partition coefficient (Wildman–Crippen LogP) is 3.13. The Hall–Kier alpha value is -0.940. The van der Waals surface area contributed by atoms with Gasteiger partial charge in [-0.3, -0.25) is 4.79 Å². The molecule has 0 spiro atoms. The molecule has 0 radical (unpaired) electrons. The van der Waals surface area contributed by atoms with Crippen LogP contribution in [-0.4, -0.2) is 9.78 Å². The van der Waals surface area contributed by atoms with Crippen LogP contribution in [0, 0.1) is 6.92 Å². The van der Waals surface area contributed by atoms with Crippen LogP contribution in [0.1, 0.15) is 11.1 Å². The van der Waals surface area contributed by atoms with Gasteiger partial charge in [0, 0.05) is 0 Å². The Morgan fingerprint density at radius 1 is 1.24 bits per heavy atom. The van der Waals surface area contributed by atoms with Gasteiger partial charge in [0.2, 0.25) is 0 Å². The molecule has 88 valence electrons. The standard InChI is InChI=1S/C12H10Br2N2O/c1-8-2-4-9(5-3-8)7-16-12(17)11(14)10(13)6-15-16/h2-6H,7H2,1H3. The summed E-state index contributed by atoms with van der Waals surface area (Å²) >= 11 is 6.49. The molecule has 1 aromatic carbocycles. The van der Waals surface area contributed by atoms with Gasteiger partial charge in [0.05, 0.1) is 17.2 Å². The largest absolute Gasteiger partial charge is 0.282 e. The van der Waals surface area contributed by atoms with Crippen LogP contribution >= 0.6 is 31.9 Å². The zero-order chi connectivity index (χ0) is 12.4. The van der Waals surface area contributed by atoms with Crippen molar-refractivity contribution in [3.05, 3.63) is 60.9 Å². The number of halogens is 2. The van der Waals surface area contributed by atoms with E-state index in [-0.39, 0.29) is 5.56 Å². The van der Waals surface area contributed by atoms with E-state index in [2.05, 4.69) is 37.0 Å². The molecular formula is C12H10Br2N2O. The van der Waals surface area contributed by atoms with E-state index in [9.17, 15) is 4.79 Å². The predicted molar refractivity (Wildman–Crippen MR) is 74.2 cm³/mol. The molecule has 0 saturated carbocycles. The number of hydrogen-bond donors (Lipinski definition) is 0. The molecule has 0 N–H and O–H groups in total. The minimum Gasteiger partial charge on any atom is -0.266 e.